The Morgan fingerprint density at radius 3 is 2.59 bits per heavy atom. The van der Waals surface area contributed by atoms with Crippen molar-refractivity contribution in [3.63, 3.8) is 0 Å². The highest BCUT2D eigenvalue weighted by Gasteiger charge is 2.27. The Labute approximate surface area is 154 Å². The monoisotopic (exact) mass is 366 g/mol. The lowest BCUT2D eigenvalue weighted by Crippen LogP contribution is -2.40. The summed E-state index contributed by atoms with van der Waals surface area (Å²) in [4.78, 5) is 37.5. The first-order chi connectivity index (χ1) is 13.1. The molecule has 27 heavy (non-hydrogen) atoms. The van der Waals surface area contributed by atoms with Gasteiger partial charge in [-0.15, -0.1) is 0 Å². The van der Waals surface area contributed by atoms with E-state index in [0.717, 1.165) is 0 Å². The molecule has 2 heterocycles. The van der Waals surface area contributed by atoms with Crippen LogP contribution < -0.4 is 10.6 Å². The van der Waals surface area contributed by atoms with Crippen LogP contribution in [0.3, 0.4) is 0 Å². The average molecular weight is 366 g/mol. The van der Waals surface area contributed by atoms with Crippen molar-refractivity contribution < 1.29 is 14.4 Å². The Balaban J connectivity index is 1.79. The fourth-order valence-corrected chi connectivity index (χ4v) is 2.46. The summed E-state index contributed by atoms with van der Waals surface area (Å²) in [6.07, 6.45) is 4.30. The highest BCUT2D eigenvalue weighted by Crippen LogP contribution is 2.15. The van der Waals surface area contributed by atoms with Crippen LogP contribution in [0, 0.1) is 0 Å². The lowest BCUT2D eigenvalue weighted by atomic mass is 10.1. The molecule has 1 atom stereocenters. The standard InChI is InChI=1S/C18H18N6O3/c1-2-24-11-13(10-20-24)16(25)18(27)22-15(12-6-4-3-5-7-12)17(26)21-14-8-9-19-23-14/h3-11,15H,2H2,1H3,(H,22,27)(H2,19,21,23,26)/t15-/m0/s1. The van der Waals surface area contributed by atoms with Gasteiger partial charge >= 0.3 is 0 Å². The van der Waals surface area contributed by atoms with Crippen molar-refractivity contribution in [3.05, 3.63) is 66.1 Å². The molecule has 9 heteroatoms. The van der Waals surface area contributed by atoms with Crippen LogP contribution in [0.4, 0.5) is 5.82 Å². The number of carbonyl (C=O) groups excluding carboxylic acids is 3. The molecule has 2 amide bonds. The van der Waals surface area contributed by atoms with Crippen LogP contribution in [0.5, 0.6) is 0 Å². The number of rotatable bonds is 7. The number of H-pyrrole nitrogens is 1. The van der Waals surface area contributed by atoms with Gasteiger partial charge in [0, 0.05) is 18.8 Å². The first kappa shape index (κ1) is 18.1. The largest absolute Gasteiger partial charge is 0.333 e. The molecule has 0 radical (unpaired) electrons. The molecule has 3 rings (SSSR count). The number of anilines is 1. The van der Waals surface area contributed by atoms with Crippen LogP contribution in [0.25, 0.3) is 0 Å². The first-order valence-corrected chi connectivity index (χ1v) is 8.31. The van der Waals surface area contributed by atoms with Gasteiger partial charge in [0.2, 0.25) is 0 Å². The van der Waals surface area contributed by atoms with E-state index in [-0.39, 0.29) is 5.56 Å². The molecule has 2 aromatic heterocycles. The lowest BCUT2D eigenvalue weighted by Gasteiger charge is -2.17. The predicted octanol–water partition coefficient (Wildman–Crippen LogP) is 1.30. The summed E-state index contributed by atoms with van der Waals surface area (Å²) in [5.74, 6) is -1.77. The number of nitrogens with one attached hydrogen (secondary N) is 3. The first-order valence-electron chi connectivity index (χ1n) is 8.31. The molecule has 0 saturated carbocycles. The van der Waals surface area contributed by atoms with Crippen molar-refractivity contribution in [2.45, 2.75) is 19.5 Å². The van der Waals surface area contributed by atoms with E-state index in [0.29, 0.717) is 17.9 Å². The van der Waals surface area contributed by atoms with Crippen molar-refractivity contribution >= 4 is 23.4 Å². The highest BCUT2D eigenvalue weighted by atomic mass is 16.2. The van der Waals surface area contributed by atoms with Crippen molar-refractivity contribution in [2.24, 2.45) is 0 Å². The van der Waals surface area contributed by atoms with Crippen LogP contribution in [-0.2, 0) is 16.1 Å². The molecule has 0 aliphatic heterocycles. The molecule has 0 aliphatic carbocycles. The summed E-state index contributed by atoms with van der Waals surface area (Å²) in [6.45, 7) is 2.45. The van der Waals surface area contributed by atoms with Gasteiger partial charge in [0.1, 0.15) is 11.9 Å². The van der Waals surface area contributed by atoms with E-state index in [1.807, 2.05) is 6.92 Å². The van der Waals surface area contributed by atoms with Gasteiger partial charge in [-0.2, -0.15) is 10.2 Å². The van der Waals surface area contributed by atoms with Gasteiger partial charge in [-0.1, -0.05) is 30.3 Å². The average Bonchev–Trinajstić information content (AvgIpc) is 3.37. The maximum absolute atomic E-state index is 12.7. The third kappa shape index (κ3) is 4.27. The summed E-state index contributed by atoms with van der Waals surface area (Å²) in [6, 6.07) is 9.18. The predicted molar refractivity (Wildman–Crippen MR) is 96.8 cm³/mol. The maximum atomic E-state index is 12.7. The quantitative estimate of drug-likeness (QED) is 0.430. The Bertz CT molecular complexity index is 933. The summed E-state index contributed by atoms with van der Waals surface area (Å²) in [5, 5.41) is 15.5. The van der Waals surface area contributed by atoms with E-state index in [4.69, 9.17) is 0 Å². The summed E-state index contributed by atoms with van der Waals surface area (Å²) in [7, 11) is 0. The van der Waals surface area contributed by atoms with Crippen molar-refractivity contribution in [2.75, 3.05) is 5.32 Å². The molecule has 3 aromatic rings. The second-order valence-corrected chi connectivity index (χ2v) is 5.69. The number of carbonyl (C=O) groups is 3. The molecule has 0 fully saturated rings. The van der Waals surface area contributed by atoms with E-state index in [9.17, 15) is 14.4 Å². The van der Waals surface area contributed by atoms with Gasteiger partial charge < -0.3 is 10.6 Å². The summed E-state index contributed by atoms with van der Waals surface area (Å²) >= 11 is 0. The molecule has 0 spiro atoms. The molecule has 9 nitrogen and oxygen atoms in total. The fourth-order valence-electron chi connectivity index (χ4n) is 2.46. The van der Waals surface area contributed by atoms with Gasteiger partial charge in [0.05, 0.1) is 18.0 Å². The number of hydrogen-bond acceptors (Lipinski definition) is 5. The topological polar surface area (TPSA) is 122 Å². The van der Waals surface area contributed by atoms with Crippen LogP contribution in [0.2, 0.25) is 0 Å². The number of amides is 2. The smallest absolute Gasteiger partial charge is 0.293 e. The van der Waals surface area contributed by atoms with Gasteiger partial charge in [-0.25, -0.2) is 0 Å². The third-order valence-corrected chi connectivity index (χ3v) is 3.85. The van der Waals surface area contributed by atoms with Crippen molar-refractivity contribution in [3.8, 4) is 0 Å². The number of aromatic amines is 1. The number of Topliss-reactive ketones (excluding diaryl/α,β-unsaturated/α-hetero) is 1. The van der Waals surface area contributed by atoms with Gasteiger partial charge in [0.25, 0.3) is 17.6 Å². The van der Waals surface area contributed by atoms with E-state index in [1.165, 1.54) is 18.6 Å². The minimum absolute atomic E-state index is 0.162. The molecular formula is C18H18N6O3. The molecule has 3 N–H and O–H groups in total. The SMILES string of the molecule is CCn1cc(C(=O)C(=O)N[C@H](C(=O)Nc2ccn[nH]2)c2ccccc2)cn1. The number of hydrogen-bond donors (Lipinski definition) is 3. The van der Waals surface area contributed by atoms with E-state index in [1.54, 1.807) is 41.1 Å². The van der Waals surface area contributed by atoms with Gasteiger partial charge in [-0.3, -0.25) is 24.2 Å². The zero-order chi connectivity index (χ0) is 19.2. The van der Waals surface area contributed by atoms with E-state index >= 15 is 0 Å². The van der Waals surface area contributed by atoms with Crippen LogP contribution >= 0.6 is 0 Å². The zero-order valence-corrected chi connectivity index (χ0v) is 14.5. The Morgan fingerprint density at radius 2 is 1.96 bits per heavy atom. The Hall–Kier alpha value is -3.75. The molecule has 0 saturated heterocycles. The number of aryl methyl sites for hydroxylation is 1. The van der Waals surface area contributed by atoms with E-state index in [2.05, 4.69) is 25.9 Å². The number of aromatic nitrogens is 4. The minimum Gasteiger partial charge on any atom is -0.333 e. The lowest BCUT2D eigenvalue weighted by molar-refractivity contribution is -0.124. The normalized spacial score (nSPS) is 11.6. The van der Waals surface area contributed by atoms with E-state index < -0.39 is 23.6 Å². The molecule has 0 bridgehead atoms. The molecule has 0 unspecified atom stereocenters. The van der Waals surface area contributed by atoms with Gasteiger partial charge in [-0.05, 0) is 12.5 Å². The third-order valence-electron chi connectivity index (χ3n) is 3.85. The van der Waals surface area contributed by atoms with Crippen LogP contribution in [0.1, 0.15) is 28.9 Å². The zero-order valence-electron chi connectivity index (χ0n) is 14.5. The molecule has 0 aliphatic rings. The van der Waals surface area contributed by atoms with Crippen LogP contribution in [0.15, 0.2) is 55.0 Å². The summed E-state index contributed by atoms with van der Waals surface area (Å²) in [5.41, 5.74) is 0.704. The second kappa shape index (κ2) is 8.09. The minimum atomic E-state index is -1.05. The van der Waals surface area contributed by atoms with Crippen LogP contribution in [-0.4, -0.2) is 37.6 Å². The fraction of sp³-hybridized carbons (Fsp3) is 0.167. The summed E-state index contributed by atoms with van der Waals surface area (Å²) < 4.78 is 1.54. The molecule has 138 valence electrons. The Kier molecular flexibility index (Phi) is 5.41. The van der Waals surface area contributed by atoms with Crippen molar-refractivity contribution in [1.29, 1.82) is 0 Å². The van der Waals surface area contributed by atoms with Crippen molar-refractivity contribution in [1.82, 2.24) is 25.3 Å². The Morgan fingerprint density at radius 1 is 1.19 bits per heavy atom. The second-order valence-electron chi connectivity index (χ2n) is 5.69. The molecular weight excluding hydrogens is 348 g/mol. The maximum Gasteiger partial charge on any atom is 0.293 e. The molecule has 1 aromatic carbocycles. The highest BCUT2D eigenvalue weighted by molar-refractivity contribution is 6.43. The number of nitrogens with zero attached hydrogens (tertiary/aromatic N) is 3. The number of benzene rings is 1. The number of ketones is 1. The van der Waals surface area contributed by atoms with Gasteiger partial charge in [0.15, 0.2) is 0 Å².